The number of para-hydroxylation sites is 2. The molecule has 1 saturated heterocycles. The third kappa shape index (κ3) is 3.47. The number of amides is 1. The van der Waals surface area contributed by atoms with E-state index >= 15 is 0 Å². The lowest BCUT2D eigenvalue weighted by Gasteiger charge is -2.35. The van der Waals surface area contributed by atoms with E-state index in [4.69, 9.17) is 0 Å². The summed E-state index contributed by atoms with van der Waals surface area (Å²) in [5.41, 5.74) is 2.05. The SMILES string of the molecule is CCN(CC)CC(=O)N1CCN(c2nc3ccccc3[nH]2)CC1. The summed E-state index contributed by atoms with van der Waals surface area (Å²) in [5, 5.41) is 0. The van der Waals surface area contributed by atoms with Gasteiger partial charge in [-0.2, -0.15) is 0 Å². The Labute approximate surface area is 137 Å². The van der Waals surface area contributed by atoms with E-state index in [1.807, 2.05) is 29.2 Å². The monoisotopic (exact) mass is 315 g/mol. The zero-order chi connectivity index (χ0) is 16.2. The number of aromatic amines is 1. The second-order valence-electron chi connectivity index (χ2n) is 5.91. The minimum absolute atomic E-state index is 0.234. The van der Waals surface area contributed by atoms with E-state index in [0.29, 0.717) is 6.54 Å². The molecule has 0 spiro atoms. The Balaban J connectivity index is 1.58. The van der Waals surface area contributed by atoms with Gasteiger partial charge in [0.2, 0.25) is 11.9 Å². The number of piperazine rings is 1. The van der Waals surface area contributed by atoms with Crippen LogP contribution in [0, 0.1) is 0 Å². The number of hydrogen-bond acceptors (Lipinski definition) is 4. The Kier molecular flexibility index (Phi) is 4.81. The number of nitrogens with one attached hydrogen (secondary N) is 1. The first kappa shape index (κ1) is 15.8. The van der Waals surface area contributed by atoms with Crippen LogP contribution in [0.3, 0.4) is 0 Å². The van der Waals surface area contributed by atoms with Crippen LogP contribution in [0.5, 0.6) is 0 Å². The molecule has 0 saturated carbocycles. The van der Waals surface area contributed by atoms with Crippen LogP contribution < -0.4 is 4.90 Å². The van der Waals surface area contributed by atoms with Crippen molar-refractivity contribution < 1.29 is 4.79 Å². The van der Waals surface area contributed by atoms with Gasteiger partial charge in [0.1, 0.15) is 0 Å². The number of carbonyl (C=O) groups is 1. The molecule has 3 rings (SSSR count). The van der Waals surface area contributed by atoms with Crippen molar-refractivity contribution in [2.45, 2.75) is 13.8 Å². The van der Waals surface area contributed by atoms with Crippen molar-refractivity contribution in [2.24, 2.45) is 0 Å². The Hall–Kier alpha value is -2.08. The largest absolute Gasteiger partial charge is 0.339 e. The minimum atomic E-state index is 0.234. The van der Waals surface area contributed by atoms with Gasteiger partial charge in [0.05, 0.1) is 17.6 Å². The first-order chi connectivity index (χ1) is 11.2. The molecule has 6 nitrogen and oxygen atoms in total. The predicted octanol–water partition coefficient (Wildman–Crippen LogP) is 1.55. The molecule has 1 aliphatic rings. The van der Waals surface area contributed by atoms with Crippen molar-refractivity contribution in [2.75, 3.05) is 50.7 Å². The number of H-pyrrole nitrogens is 1. The molecule has 0 aliphatic carbocycles. The van der Waals surface area contributed by atoms with E-state index in [1.54, 1.807) is 0 Å². The lowest BCUT2D eigenvalue weighted by atomic mass is 10.3. The Morgan fingerprint density at radius 2 is 1.87 bits per heavy atom. The maximum absolute atomic E-state index is 12.4. The number of aromatic nitrogens is 2. The van der Waals surface area contributed by atoms with E-state index < -0.39 is 0 Å². The Morgan fingerprint density at radius 1 is 1.17 bits per heavy atom. The number of anilines is 1. The first-order valence-electron chi connectivity index (χ1n) is 8.41. The molecular weight excluding hydrogens is 290 g/mol. The number of nitrogens with zero attached hydrogens (tertiary/aromatic N) is 4. The van der Waals surface area contributed by atoms with Gasteiger partial charge in [-0.3, -0.25) is 9.69 Å². The summed E-state index contributed by atoms with van der Waals surface area (Å²) in [6, 6.07) is 8.06. The van der Waals surface area contributed by atoms with Crippen LogP contribution in [0.2, 0.25) is 0 Å². The molecule has 1 fully saturated rings. The average Bonchev–Trinajstić information content (AvgIpc) is 3.03. The smallest absolute Gasteiger partial charge is 0.236 e. The standard InChI is InChI=1S/C17H25N5O/c1-3-20(4-2)13-16(23)21-9-11-22(12-10-21)17-18-14-7-5-6-8-15(14)19-17/h5-8H,3-4,9-13H2,1-2H3,(H,18,19). The third-order valence-corrected chi connectivity index (χ3v) is 4.56. The highest BCUT2D eigenvalue weighted by Crippen LogP contribution is 2.18. The maximum atomic E-state index is 12.4. The molecule has 1 aromatic heterocycles. The highest BCUT2D eigenvalue weighted by molar-refractivity contribution is 5.79. The van der Waals surface area contributed by atoms with Crippen LogP contribution >= 0.6 is 0 Å². The Bertz CT molecular complexity index is 623. The summed E-state index contributed by atoms with van der Waals surface area (Å²) in [6.07, 6.45) is 0. The second-order valence-corrected chi connectivity index (χ2v) is 5.91. The van der Waals surface area contributed by atoms with Gasteiger partial charge in [0.15, 0.2) is 0 Å². The van der Waals surface area contributed by atoms with E-state index in [2.05, 4.69) is 33.6 Å². The quantitative estimate of drug-likeness (QED) is 0.910. The lowest BCUT2D eigenvalue weighted by molar-refractivity contribution is -0.132. The van der Waals surface area contributed by atoms with E-state index in [1.165, 1.54) is 0 Å². The van der Waals surface area contributed by atoms with Crippen LogP contribution in [0.25, 0.3) is 11.0 Å². The summed E-state index contributed by atoms with van der Waals surface area (Å²) in [7, 11) is 0. The fourth-order valence-corrected chi connectivity index (χ4v) is 3.00. The van der Waals surface area contributed by atoms with Crippen molar-refractivity contribution in [3.8, 4) is 0 Å². The van der Waals surface area contributed by atoms with Crippen LogP contribution in [0.4, 0.5) is 5.95 Å². The fourth-order valence-electron chi connectivity index (χ4n) is 3.00. The van der Waals surface area contributed by atoms with Crippen molar-refractivity contribution in [1.82, 2.24) is 19.8 Å². The highest BCUT2D eigenvalue weighted by atomic mass is 16.2. The van der Waals surface area contributed by atoms with Crippen LogP contribution in [-0.2, 0) is 4.79 Å². The topological polar surface area (TPSA) is 55.5 Å². The van der Waals surface area contributed by atoms with Crippen LogP contribution in [0.1, 0.15) is 13.8 Å². The summed E-state index contributed by atoms with van der Waals surface area (Å²) >= 11 is 0. The van der Waals surface area contributed by atoms with Gasteiger partial charge in [0, 0.05) is 26.2 Å². The number of benzene rings is 1. The molecule has 0 radical (unpaired) electrons. The van der Waals surface area contributed by atoms with Crippen molar-refractivity contribution in [3.63, 3.8) is 0 Å². The molecule has 0 unspecified atom stereocenters. The molecule has 1 aliphatic heterocycles. The fraction of sp³-hybridized carbons (Fsp3) is 0.529. The number of rotatable bonds is 5. The van der Waals surface area contributed by atoms with Gasteiger partial charge in [-0.25, -0.2) is 4.98 Å². The molecule has 2 heterocycles. The number of imidazole rings is 1. The Morgan fingerprint density at radius 3 is 2.52 bits per heavy atom. The van der Waals surface area contributed by atoms with Gasteiger partial charge in [0.25, 0.3) is 0 Å². The van der Waals surface area contributed by atoms with Crippen LogP contribution in [-0.4, -0.2) is 71.5 Å². The maximum Gasteiger partial charge on any atom is 0.236 e. The summed E-state index contributed by atoms with van der Waals surface area (Å²) < 4.78 is 0. The molecule has 6 heteroatoms. The zero-order valence-corrected chi connectivity index (χ0v) is 14.0. The number of fused-ring (bicyclic) bond motifs is 1. The zero-order valence-electron chi connectivity index (χ0n) is 14.0. The third-order valence-electron chi connectivity index (χ3n) is 4.56. The minimum Gasteiger partial charge on any atom is -0.339 e. The molecular formula is C17H25N5O. The summed E-state index contributed by atoms with van der Waals surface area (Å²) in [4.78, 5) is 26.7. The predicted molar refractivity (Wildman–Crippen MR) is 92.7 cm³/mol. The lowest BCUT2D eigenvalue weighted by Crippen LogP contribution is -2.51. The van der Waals surface area contributed by atoms with E-state index in [9.17, 15) is 4.79 Å². The van der Waals surface area contributed by atoms with Crippen molar-refractivity contribution >= 4 is 22.9 Å². The number of carbonyl (C=O) groups excluding carboxylic acids is 1. The number of hydrogen-bond donors (Lipinski definition) is 1. The normalized spacial score (nSPS) is 15.6. The molecule has 0 atom stereocenters. The van der Waals surface area contributed by atoms with Gasteiger partial charge >= 0.3 is 0 Å². The van der Waals surface area contributed by atoms with Crippen molar-refractivity contribution in [1.29, 1.82) is 0 Å². The first-order valence-corrected chi connectivity index (χ1v) is 8.41. The van der Waals surface area contributed by atoms with Crippen molar-refractivity contribution in [3.05, 3.63) is 24.3 Å². The second kappa shape index (κ2) is 7.00. The molecule has 1 N–H and O–H groups in total. The summed E-state index contributed by atoms with van der Waals surface area (Å²) in [5.74, 6) is 1.14. The van der Waals surface area contributed by atoms with E-state index in [-0.39, 0.29) is 5.91 Å². The molecule has 1 amide bonds. The number of likely N-dealkylation sites (N-methyl/N-ethyl adjacent to an activating group) is 1. The highest BCUT2D eigenvalue weighted by Gasteiger charge is 2.23. The van der Waals surface area contributed by atoms with Gasteiger partial charge in [-0.1, -0.05) is 26.0 Å². The van der Waals surface area contributed by atoms with Gasteiger partial charge < -0.3 is 14.8 Å². The van der Waals surface area contributed by atoms with Gasteiger partial charge in [-0.05, 0) is 25.2 Å². The molecule has 1 aromatic carbocycles. The summed E-state index contributed by atoms with van der Waals surface area (Å²) in [6.45, 7) is 9.72. The van der Waals surface area contributed by atoms with E-state index in [0.717, 1.165) is 56.3 Å². The van der Waals surface area contributed by atoms with Gasteiger partial charge in [-0.15, -0.1) is 0 Å². The molecule has 124 valence electrons. The molecule has 23 heavy (non-hydrogen) atoms. The molecule has 2 aromatic rings. The average molecular weight is 315 g/mol. The van der Waals surface area contributed by atoms with Crippen LogP contribution in [0.15, 0.2) is 24.3 Å². The molecule has 0 bridgehead atoms.